The van der Waals surface area contributed by atoms with E-state index in [1.54, 1.807) is 0 Å². The number of nitrogens with zero attached hydrogens (tertiary/aromatic N) is 10. The molecule has 0 saturated carbocycles. The molecule has 0 saturated heterocycles. The number of aromatic nitrogens is 10. The summed E-state index contributed by atoms with van der Waals surface area (Å²) in [6.07, 6.45) is 9.26. The molecule has 21 rings (SSSR count). The van der Waals surface area contributed by atoms with Gasteiger partial charge in [0.05, 0.1) is 143 Å². The van der Waals surface area contributed by atoms with Gasteiger partial charge in [0.25, 0.3) is 0 Å². The Kier molecular flexibility index (Phi) is 3.70. The molecule has 0 spiro atoms. The molecule has 18 heterocycles. The average molecular weight is 813 g/mol. The molecule has 10 nitrogen and oxygen atoms in total. The molecule has 0 fully saturated rings. The first-order valence-electron chi connectivity index (χ1n) is 22.1. The number of rotatable bonds is 0. The first kappa shape index (κ1) is 28.5. The molecule has 0 N–H and O–H groups in total. The van der Waals surface area contributed by atoms with E-state index >= 15 is 0 Å². The maximum atomic E-state index is 2.61. The Hall–Kier alpha value is -9.02. The molecule has 18 aromatic heterocycles. The summed E-state index contributed by atoms with van der Waals surface area (Å²) in [5.41, 5.74) is 31.7. The summed E-state index contributed by atoms with van der Waals surface area (Å²) in [6, 6.07) is 46.4. The maximum Gasteiger partial charge on any atom is 0.0977 e. The van der Waals surface area contributed by atoms with E-state index in [1.165, 1.54) is 165 Å². The summed E-state index contributed by atoms with van der Waals surface area (Å²) < 4.78 is 25.7. The molecular weight excluding hydrogens is 789 g/mol. The Balaban J connectivity index is 1.31. The molecule has 0 amide bonds. The normalized spacial score (nSPS) is 14.2. The van der Waals surface area contributed by atoms with Crippen LogP contribution in [0.2, 0.25) is 0 Å². The molecule has 3 aromatic carbocycles. The van der Waals surface area contributed by atoms with Crippen molar-refractivity contribution in [2.24, 2.45) is 0 Å². The number of hydrogen-bond donors (Lipinski definition) is 0. The van der Waals surface area contributed by atoms with Crippen molar-refractivity contribution in [3.05, 3.63) is 146 Å². The monoisotopic (exact) mass is 812 g/mol. The van der Waals surface area contributed by atoms with Gasteiger partial charge in [-0.15, -0.1) is 0 Å². The molecule has 0 unspecified atom stereocenters. The molecule has 64 heavy (non-hydrogen) atoms. The van der Waals surface area contributed by atoms with Crippen molar-refractivity contribution in [2.75, 3.05) is 0 Å². The minimum atomic E-state index is 1.18. The first-order valence-corrected chi connectivity index (χ1v) is 22.1. The lowest BCUT2D eigenvalue weighted by Gasteiger charge is -2.25. The lowest BCUT2D eigenvalue weighted by Crippen LogP contribution is -2.09. The van der Waals surface area contributed by atoms with Crippen LogP contribution in [0, 0.1) is 0 Å². The highest BCUT2D eigenvalue weighted by Gasteiger charge is 2.34. The van der Waals surface area contributed by atoms with Gasteiger partial charge in [0.1, 0.15) is 0 Å². The summed E-state index contributed by atoms with van der Waals surface area (Å²) in [5.74, 6) is 0. The third-order valence-electron chi connectivity index (χ3n) is 16.4. The van der Waals surface area contributed by atoms with Crippen LogP contribution in [0.4, 0.5) is 0 Å². The van der Waals surface area contributed by atoms with Crippen molar-refractivity contribution in [1.29, 1.82) is 0 Å². The second-order valence-corrected chi connectivity index (χ2v) is 18.7. The first-order chi connectivity index (χ1) is 31.8. The molecule has 0 atom stereocenters. The van der Waals surface area contributed by atoms with Gasteiger partial charge in [0, 0.05) is 46.3 Å². The Morgan fingerprint density at radius 1 is 0.172 bits per heavy atom. The third-order valence-corrected chi connectivity index (χ3v) is 16.4. The van der Waals surface area contributed by atoms with Crippen LogP contribution in [0.25, 0.3) is 165 Å². The number of benzene rings is 3. The molecule has 0 radical (unpaired) electrons. The van der Waals surface area contributed by atoms with Crippen LogP contribution in [0.5, 0.6) is 0 Å². The van der Waals surface area contributed by atoms with Crippen LogP contribution in [0.15, 0.2) is 146 Å². The molecular formula is C54H24N10. The number of hydrogen-bond acceptors (Lipinski definition) is 0. The van der Waals surface area contributed by atoms with Crippen molar-refractivity contribution < 1.29 is 0 Å². The van der Waals surface area contributed by atoms with E-state index in [1.807, 2.05) is 0 Å². The maximum absolute atomic E-state index is 2.61. The smallest absolute Gasteiger partial charge is 0.0977 e. The zero-order chi connectivity index (χ0) is 40.1. The summed E-state index contributed by atoms with van der Waals surface area (Å²) in [6.45, 7) is 0. The molecule has 10 heteroatoms. The van der Waals surface area contributed by atoms with Crippen molar-refractivity contribution in [3.63, 3.8) is 0 Å². The standard InChI is InChI=1S/C54H24N10/c1-5-25-29-9-13-33-35-17-19-39-38-16-12-32-28-8-4-24-58(28)48-42-43(49(59(29)33)53(63(35)39)52(48)62(32)38)45(55(25)21-1)41-44-46(42)56-22-2-6-26(56)30-10-14-34-36-18-20-40-37-15-11-31-27-7-3-23-57(27)47(41)51(61(31)37)54(64(36)40)50(44)60(30)34/h1-24H. The highest BCUT2D eigenvalue weighted by molar-refractivity contribution is 6.45. The van der Waals surface area contributed by atoms with E-state index in [0.717, 1.165) is 0 Å². The Morgan fingerprint density at radius 2 is 0.375 bits per heavy atom. The summed E-state index contributed by atoms with van der Waals surface area (Å²) in [5, 5.41) is 5.01. The SMILES string of the molecule is c1cc2c3ccc4c5ccc6c7ccc8c9cccn9c9c%10c(c(c%11c%12c%10n%10cccc%10c%10ccc%13c%14ccc%15c%16ccc%17c%18cccn%18c%11c(c(c%12n%10%13)n%14%15)n%17%16)n2c1)c(c(c9n87)n56)n34. The zero-order valence-electron chi connectivity index (χ0n) is 33.3. The number of fused-ring (bicyclic) bond motifs is 20. The highest BCUT2D eigenvalue weighted by atomic mass is 15.1. The van der Waals surface area contributed by atoms with Crippen LogP contribution in [-0.4, -0.2) is 44.0 Å². The predicted molar refractivity (Wildman–Crippen MR) is 258 cm³/mol. The van der Waals surface area contributed by atoms with Gasteiger partial charge in [0.2, 0.25) is 0 Å². The largest absolute Gasteiger partial charge is 0.314 e. The Labute approximate surface area is 353 Å². The molecule has 0 aliphatic carbocycles. The van der Waals surface area contributed by atoms with Crippen molar-refractivity contribution in [1.82, 2.24) is 44.0 Å². The topological polar surface area (TPSA) is 44.1 Å². The van der Waals surface area contributed by atoms with E-state index in [9.17, 15) is 0 Å². The van der Waals surface area contributed by atoms with Crippen LogP contribution in [0.3, 0.4) is 0 Å². The van der Waals surface area contributed by atoms with Crippen LogP contribution in [0.1, 0.15) is 0 Å². The zero-order valence-corrected chi connectivity index (χ0v) is 33.3. The average Bonchev–Trinajstić information content (AvgIpc) is 4.15. The van der Waals surface area contributed by atoms with Crippen molar-refractivity contribution in [2.45, 2.75) is 0 Å². The lowest BCUT2D eigenvalue weighted by atomic mass is 9.94. The minimum Gasteiger partial charge on any atom is -0.314 e. The van der Waals surface area contributed by atoms with Gasteiger partial charge in [-0.3, -0.25) is 0 Å². The van der Waals surface area contributed by atoms with Crippen LogP contribution < -0.4 is 0 Å². The summed E-state index contributed by atoms with van der Waals surface area (Å²) in [4.78, 5) is 0. The van der Waals surface area contributed by atoms with Gasteiger partial charge in [-0.2, -0.15) is 0 Å². The lowest BCUT2D eigenvalue weighted by molar-refractivity contribution is 1.19. The second-order valence-electron chi connectivity index (χ2n) is 18.7. The van der Waals surface area contributed by atoms with Crippen molar-refractivity contribution >= 4 is 165 Å². The molecule has 290 valence electrons. The van der Waals surface area contributed by atoms with E-state index in [2.05, 4.69) is 190 Å². The Bertz CT molecular complexity index is 5370. The van der Waals surface area contributed by atoms with Crippen LogP contribution in [-0.2, 0) is 0 Å². The quantitative estimate of drug-likeness (QED) is 0.108. The summed E-state index contributed by atoms with van der Waals surface area (Å²) >= 11 is 0. The van der Waals surface area contributed by atoms with Crippen LogP contribution >= 0.6 is 0 Å². The van der Waals surface area contributed by atoms with E-state index in [-0.39, 0.29) is 0 Å². The van der Waals surface area contributed by atoms with Gasteiger partial charge in [-0.25, -0.2) is 0 Å². The molecule has 0 bridgehead atoms. The summed E-state index contributed by atoms with van der Waals surface area (Å²) in [7, 11) is 0. The van der Waals surface area contributed by atoms with E-state index in [4.69, 9.17) is 0 Å². The molecule has 0 aliphatic heterocycles. The van der Waals surface area contributed by atoms with Gasteiger partial charge in [0.15, 0.2) is 0 Å². The second kappa shape index (κ2) is 8.32. The minimum absolute atomic E-state index is 1.18. The van der Waals surface area contributed by atoms with E-state index in [0.29, 0.717) is 0 Å². The van der Waals surface area contributed by atoms with Gasteiger partial charge in [-0.05, 0) is 121 Å². The van der Waals surface area contributed by atoms with Crippen molar-refractivity contribution in [3.8, 4) is 0 Å². The fourth-order valence-electron chi connectivity index (χ4n) is 14.4. The Morgan fingerprint density at radius 3 is 0.656 bits per heavy atom. The van der Waals surface area contributed by atoms with Gasteiger partial charge in [-0.1, -0.05) is 0 Å². The fourth-order valence-corrected chi connectivity index (χ4v) is 14.4. The molecule has 21 aromatic rings. The van der Waals surface area contributed by atoms with E-state index < -0.39 is 0 Å². The fraction of sp³-hybridized carbons (Fsp3) is 0. The third kappa shape index (κ3) is 2.39. The van der Waals surface area contributed by atoms with Gasteiger partial charge < -0.3 is 44.0 Å². The predicted octanol–water partition coefficient (Wildman–Crippen LogP) is 12.4. The van der Waals surface area contributed by atoms with Gasteiger partial charge >= 0.3 is 0 Å². The highest BCUT2D eigenvalue weighted by Crippen LogP contribution is 2.53. The molecule has 0 aliphatic rings.